The summed E-state index contributed by atoms with van der Waals surface area (Å²) >= 11 is 3.41. The summed E-state index contributed by atoms with van der Waals surface area (Å²) in [5.41, 5.74) is 6.87. The maximum absolute atomic E-state index is 13.2. The second-order valence-electron chi connectivity index (χ2n) is 6.32. The largest absolute Gasteiger partial charge is 0.368 e. The van der Waals surface area contributed by atoms with Crippen LogP contribution in [0.5, 0.6) is 0 Å². The highest BCUT2D eigenvalue weighted by atomic mass is 79.9. The van der Waals surface area contributed by atoms with Crippen molar-refractivity contribution in [3.8, 4) is 11.3 Å². The lowest BCUT2D eigenvalue weighted by Crippen LogP contribution is -2.42. The summed E-state index contributed by atoms with van der Waals surface area (Å²) in [5.74, 6) is 5.58. The Kier molecular flexibility index (Phi) is 5.49. The molecule has 1 saturated heterocycles. The molecule has 3 rings (SSSR count). The Labute approximate surface area is 159 Å². The summed E-state index contributed by atoms with van der Waals surface area (Å²) in [6.45, 7) is 0.974. The van der Waals surface area contributed by atoms with Crippen LogP contribution in [0.1, 0.15) is 19.3 Å². The van der Waals surface area contributed by atoms with E-state index in [0.29, 0.717) is 22.2 Å². The van der Waals surface area contributed by atoms with E-state index in [0.717, 1.165) is 24.4 Å². The van der Waals surface area contributed by atoms with Crippen LogP contribution < -0.4 is 16.6 Å². The molecule has 1 fully saturated rings. The van der Waals surface area contributed by atoms with E-state index in [1.165, 1.54) is 12.1 Å². The maximum atomic E-state index is 13.2. The molecule has 7 nitrogen and oxygen atoms in total. The van der Waals surface area contributed by atoms with E-state index in [-0.39, 0.29) is 29.5 Å². The molecule has 0 bridgehead atoms. The molecule has 1 aliphatic heterocycles. The molecule has 4 N–H and O–H groups in total. The van der Waals surface area contributed by atoms with Crippen LogP contribution in [0.2, 0.25) is 0 Å². The summed E-state index contributed by atoms with van der Waals surface area (Å²) in [7, 11) is 2.00. The average Bonchev–Trinajstić information content (AvgIpc) is 3.01. The zero-order valence-electron chi connectivity index (χ0n) is 14.3. The van der Waals surface area contributed by atoms with Crippen molar-refractivity contribution in [2.45, 2.75) is 25.3 Å². The van der Waals surface area contributed by atoms with Gasteiger partial charge in [-0.2, -0.15) is 4.98 Å². The number of carbonyl (C=O) groups excluding carboxylic acids is 1. The normalized spacial score (nSPS) is 17.5. The molecule has 138 valence electrons. The van der Waals surface area contributed by atoms with Crippen molar-refractivity contribution in [3.05, 3.63) is 34.6 Å². The molecule has 0 unspecified atom stereocenters. The number of anilines is 2. The Bertz CT molecular complexity index is 816. The first kappa shape index (κ1) is 18.7. The lowest BCUT2D eigenvalue weighted by atomic mass is 10.1. The number of nitrogens with zero attached hydrogens (tertiary/aromatic N) is 4. The molecule has 1 amide bonds. The molecule has 26 heavy (non-hydrogen) atoms. The second-order valence-corrected chi connectivity index (χ2v) is 7.11. The van der Waals surface area contributed by atoms with Gasteiger partial charge in [0.05, 0.1) is 10.2 Å². The van der Waals surface area contributed by atoms with Gasteiger partial charge < -0.3 is 10.6 Å². The van der Waals surface area contributed by atoms with Crippen LogP contribution in [-0.2, 0) is 4.79 Å². The molecule has 2 heterocycles. The fraction of sp³-hybridized carbons (Fsp3) is 0.353. The first-order valence-electron chi connectivity index (χ1n) is 8.23. The molecular formula is C17H20BrFN6O. The summed E-state index contributed by atoms with van der Waals surface area (Å²) in [6.07, 6.45) is 2.33. The van der Waals surface area contributed by atoms with Gasteiger partial charge in [-0.05, 0) is 66.6 Å². The number of amides is 1. The first-order valence-corrected chi connectivity index (χ1v) is 9.03. The third-order valence-corrected chi connectivity index (χ3v) is 5.28. The van der Waals surface area contributed by atoms with Gasteiger partial charge in [0, 0.05) is 18.0 Å². The van der Waals surface area contributed by atoms with Crippen LogP contribution >= 0.6 is 15.9 Å². The maximum Gasteiger partial charge on any atom is 0.244 e. The van der Waals surface area contributed by atoms with Crippen molar-refractivity contribution >= 4 is 33.6 Å². The molecule has 1 aliphatic rings. The smallest absolute Gasteiger partial charge is 0.244 e. The van der Waals surface area contributed by atoms with E-state index < -0.39 is 0 Å². The van der Waals surface area contributed by atoms with E-state index in [1.807, 2.05) is 7.05 Å². The van der Waals surface area contributed by atoms with Gasteiger partial charge in [0.15, 0.2) is 5.82 Å². The zero-order valence-corrected chi connectivity index (χ0v) is 15.9. The third-order valence-electron chi connectivity index (χ3n) is 4.55. The van der Waals surface area contributed by atoms with Crippen LogP contribution in [0.4, 0.5) is 16.2 Å². The van der Waals surface area contributed by atoms with Gasteiger partial charge in [-0.25, -0.2) is 20.2 Å². The van der Waals surface area contributed by atoms with Crippen molar-refractivity contribution in [3.63, 3.8) is 0 Å². The average molecular weight is 423 g/mol. The minimum atomic E-state index is -0.358. The monoisotopic (exact) mass is 422 g/mol. The van der Waals surface area contributed by atoms with Gasteiger partial charge in [-0.3, -0.25) is 4.79 Å². The van der Waals surface area contributed by atoms with Crippen molar-refractivity contribution in [1.82, 2.24) is 14.9 Å². The molecule has 0 spiro atoms. The number of halogens is 2. The first-order chi connectivity index (χ1) is 12.4. The summed E-state index contributed by atoms with van der Waals surface area (Å²) in [4.78, 5) is 23.0. The van der Waals surface area contributed by atoms with Crippen LogP contribution in [0.15, 0.2) is 28.7 Å². The molecule has 0 radical (unpaired) electrons. The highest BCUT2D eigenvalue weighted by Crippen LogP contribution is 2.34. The van der Waals surface area contributed by atoms with Crippen LogP contribution in [0, 0.1) is 5.82 Å². The third kappa shape index (κ3) is 3.84. The van der Waals surface area contributed by atoms with Crippen LogP contribution in [0.3, 0.4) is 0 Å². The van der Waals surface area contributed by atoms with Crippen LogP contribution in [0.25, 0.3) is 11.3 Å². The van der Waals surface area contributed by atoms with Crippen molar-refractivity contribution in [2.24, 2.45) is 5.84 Å². The highest BCUT2D eigenvalue weighted by molar-refractivity contribution is 9.10. The number of nitrogens with two attached hydrogens (primary N) is 2. The van der Waals surface area contributed by atoms with E-state index >= 15 is 0 Å². The Morgan fingerprint density at radius 3 is 2.69 bits per heavy atom. The van der Waals surface area contributed by atoms with Gasteiger partial charge in [-0.1, -0.05) is 0 Å². The Balaban J connectivity index is 1.89. The van der Waals surface area contributed by atoms with Crippen LogP contribution in [-0.4, -0.2) is 40.4 Å². The van der Waals surface area contributed by atoms with Gasteiger partial charge >= 0.3 is 0 Å². The minimum absolute atomic E-state index is 0.0243. The molecule has 0 saturated carbocycles. The number of hydrazine groups is 1. The molecular weight excluding hydrogens is 403 g/mol. The summed E-state index contributed by atoms with van der Waals surface area (Å²) in [5, 5.41) is 1.00. The standard InChI is InChI=1S/C17H20BrFN6O/c1-24-8-2-3-12(24)9-13(26)25(21)16-14(18)15(22-17(20)23-16)10-4-6-11(19)7-5-10/h4-7,12H,2-3,8-9,21H2,1H3,(H2,20,22,23)/t12-/m1/s1. The van der Waals surface area contributed by atoms with Crippen molar-refractivity contribution < 1.29 is 9.18 Å². The summed E-state index contributed by atoms with van der Waals surface area (Å²) in [6, 6.07) is 5.95. The molecule has 1 aromatic carbocycles. The number of hydrogen-bond acceptors (Lipinski definition) is 6. The fourth-order valence-corrected chi connectivity index (χ4v) is 3.66. The number of carbonyl (C=O) groups is 1. The zero-order chi connectivity index (χ0) is 18.8. The topological polar surface area (TPSA) is 101 Å². The Morgan fingerprint density at radius 2 is 2.08 bits per heavy atom. The number of benzene rings is 1. The van der Waals surface area contributed by atoms with E-state index in [4.69, 9.17) is 11.6 Å². The van der Waals surface area contributed by atoms with Crippen molar-refractivity contribution in [2.75, 3.05) is 24.3 Å². The number of rotatable bonds is 4. The van der Waals surface area contributed by atoms with Gasteiger partial charge in [0.2, 0.25) is 11.9 Å². The van der Waals surface area contributed by atoms with Gasteiger partial charge in [0.1, 0.15) is 5.82 Å². The van der Waals surface area contributed by atoms with E-state index in [1.54, 1.807) is 12.1 Å². The summed E-state index contributed by atoms with van der Waals surface area (Å²) < 4.78 is 13.6. The Morgan fingerprint density at radius 1 is 1.38 bits per heavy atom. The lowest BCUT2D eigenvalue weighted by molar-refractivity contribution is -0.119. The molecule has 0 aliphatic carbocycles. The second kappa shape index (κ2) is 7.65. The molecule has 1 atom stereocenters. The SMILES string of the molecule is CN1CCC[C@@H]1CC(=O)N(N)c1nc(N)nc(-c2ccc(F)cc2)c1Br. The highest BCUT2D eigenvalue weighted by Gasteiger charge is 2.27. The van der Waals surface area contributed by atoms with Gasteiger partial charge in [0.25, 0.3) is 0 Å². The lowest BCUT2D eigenvalue weighted by Gasteiger charge is -2.23. The predicted octanol–water partition coefficient (Wildman–Crippen LogP) is 2.32. The fourth-order valence-electron chi connectivity index (χ4n) is 3.07. The minimum Gasteiger partial charge on any atom is -0.368 e. The number of nitrogen functional groups attached to an aromatic ring is 1. The number of hydrogen-bond donors (Lipinski definition) is 2. The number of aromatic nitrogens is 2. The van der Waals surface area contributed by atoms with Gasteiger partial charge in [-0.15, -0.1) is 0 Å². The number of likely N-dealkylation sites (tertiary alicyclic amines) is 1. The molecule has 1 aromatic heterocycles. The molecule has 9 heteroatoms. The predicted molar refractivity (Wildman–Crippen MR) is 101 cm³/mol. The van der Waals surface area contributed by atoms with Crippen molar-refractivity contribution in [1.29, 1.82) is 0 Å². The van der Waals surface area contributed by atoms with E-state index in [2.05, 4.69) is 30.8 Å². The Hall–Kier alpha value is -2.10. The quantitative estimate of drug-likeness (QED) is 0.445. The van der Waals surface area contributed by atoms with E-state index in [9.17, 15) is 9.18 Å². The molecule has 2 aromatic rings.